The molecule has 0 aliphatic carbocycles. The van der Waals surface area contributed by atoms with E-state index < -0.39 is 0 Å². The Hall–Kier alpha value is -0.730. The van der Waals surface area contributed by atoms with E-state index in [-0.39, 0.29) is 12.1 Å². The zero-order valence-electron chi connectivity index (χ0n) is 8.19. The van der Waals surface area contributed by atoms with Crippen molar-refractivity contribution in [3.8, 4) is 0 Å². The molecule has 68 valence electrons. The molecule has 0 aromatic heterocycles. The predicted octanol–water partition coefficient (Wildman–Crippen LogP) is 1.74. The van der Waals surface area contributed by atoms with Gasteiger partial charge in [0, 0.05) is 12.6 Å². The van der Waals surface area contributed by atoms with Crippen LogP contribution in [0.2, 0.25) is 0 Å². The fraction of sp³-hybridized carbons (Fsp3) is 0.875. The van der Waals surface area contributed by atoms with E-state index in [0.29, 0.717) is 6.54 Å². The summed E-state index contributed by atoms with van der Waals surface area (Å²) in [5.74, 6) is 0. The maximum Gasteiger partial charge on any atom is 0.314 e. The Bertz CT molecular complexity index is 92.1. The van der Waals surface area contributed by atoms with Gasteiger partial charge in [-0.05, 0) is 20.8 Å². The van der Waals surface area contributed by atoms with Crippen LogP contribution in [0.3, 0.4) is 0 Å². The van der Waals surface area contributed by atoms with Crippen LogP contribution in [0.25, 0.3) is 0 Å². The van der Waals surface area contributed by atoms with Crippen LogP contribution in [0.15, 0.2) is 0 Å². The fourth-order valence-corrected chi connectivity index (χ4v) is 0.474. The summed E-state index contributed by atoms with van der Waals surface area (Å²) in [6.07, 6.45) is 0. The van der Waals surface area contributed by atoms with Crippen molar-refractivity contribution in [2.24, 2.45) is 0 Å². The van der Waals surface area contributed by atoms with Gasteiger partial charge in [-0.2, -0.15) is 0 Å². The number of urea groups is 1. The van der Waals surface area contributed by atoms with Crippen molar-refractivity contribution < 1.29 is 4.79 Å². The molecule has 0 rings (SSSR count). The second kappa shape index (κ2) is 9.27. The number of hydrogen-bond acceptors (Lipinski definition) is 1. The lowest BCUT2D eigenvalue weighted by atomic mass is 10.4. The van der Waals surface area contributed by atoms with Crippen molar-refractivity contribution in [1.82, 2.24) is 10.6 Å². The van der Waals surface area contributed by atoms with Gasteiger partial charge < -0.3 is 10.6 Å². The predicted molar refractivity (Wildman–Crippen MR) is 48.7 cm³/mol. The minimum atomic E-state index is -0.0903. The first-order valence-corrected chi connectivity index (χ1v) is 4.21. The third-order valence-electron chi connectivity index (χ3n) is 0.757. The average Bonchev–Trinajstić information content (AvgIpc) is 1.91. The van der Waals surface area contributed by atoms with Crippen molar-refractivity contribution in [2.45, 2.75) is 40.7 Å². The molecule has 3 heteroatoms. The Morgan fingerprint density at radius 1 is 1.36 bits per heavy atom. The van der Waals surface area contributed by atoms with Crippen molar-refractivity contribution in [3.05, 3.63) is 0 Å². The van der Waals surface area contributed by atoms with E-state index in [1.54, 1.807) is 0 Å². The van der Waals surface area contributed by atoms with Gasteiger partial charge in [0.15, 0.2) is 0 Å². The molecule has 0 fully saturated rings. The molecule has 0 aliphatic rings. The highest BCUT2D eigenvalue weighted by Crippen LogP contribution is 1.74. The maximum atomic E-state index is 10.6. The molecule has 3 nitrogen and oxygen atoms in total. The highest BCUT2D eigenvalue weighted by molar-refractivity contribution is 5.73. The summed E-state index contributed by atoms with van der Waals surface area (Å²) in [5, 5.41) is 5.32. The first-order valence-electron chi connectivity index (χ1n) is 4.21. The minimum Gasteiger partial charge on any atom is -0.338 e. The van der Waals surface area contributed by atoms with Crippen LogP contribution in [-0.2, 0) is 0 Å². The standard InChI is InChI=1S/C6H14N2O.C2H6/c1-4-7-6(9)8-5(2)3;1-2/h5H,4H2,1-3H3,(H2,7,8,9);1-2H3. The number of amides is 2. The lowest BCUT2D eigenvalue weighted by molar-refractivity contribution is 0.239. The average molecular weight is 160 g/mol. The second-order valence-corrected chi connectivity index (χ2v) is 2.16. The third-order valence-corrected chi connectivity index (χ3v) is 0.757. The van der Waals surface area contributed by atoms with Gasteiger partial charge in [-0.15, -0.1) is 0 Å². The number of carbonyl (C=O) groups is 1. The van der Waals surface area contributed by atoms with Crippen molar-refractivity contribution in [3.63, 3.8) is 0 Å². The third kappa shape index (κ3) is 12.5. The summed E-state index contributed by atoms with van der Waals surface area (Å²) >= 11 is 0. The smallest absolute Gasteiger partial charge is 0.314 e. The van der Waals surface area contributed by atoms with Gasteiger partial charge >= 0.3 is 6.03 Å². The molecule has 0 aromatic rings. The van der Waals surface area contributed by atoms with Gasteiger partial charge in [0.1, 0.15) is 0 Å². The molecule has 2 amide bonds. The van der Waals surface area contributed by atoms with Crippen LogP contribution in [0.1, 0.15) is 34.6 Å². The monoisotopic (exact) mass is 160 g/mol. The molecular formula is C8H20N2O. The normalized spacial score (nSPS) is 8.18. The molecule has 0 aliphatic heterocycles. The summed E-state index contributed by atoms with van der Waals surface area (Å²) in [6.45, 7) is 10.4. The first kappa shape index (κ1) is 12.9. The van der Waals surface area contributed by atoms with Gasteiger partial charge in [-0.1, -0.05) is 13.8 Å². The molecule has 0 radical (unpaired) electrons. The maximum absolute atomic E-state index is 10.6. The number of rotatable bonds is 2. The Morgan fingerprint density at radius 2 is 1.82 bits per heavy atom. The van der Waals surface area contributed by atoms with Crippen LogP contribution >= 0.6 is 0 Å². The minimum absolute atomic E-state index is 0.0903. The quantitative estimate of drug-likeness (QED) is 0.634. The second-order valence-electron chi connectivity index (χ2n) is 2.16. The number of nitrogens with one attached hydrogen (secondary N) is 2. The van der Waals surface area contributed by atoms with Crippen molar-refractivity contribution in [2.75, 3.05) is 6.54 Å². The zero-order valence-corrected chi connectivity index (χ0v) is 8.19. The van der Waals surface area contributed by atoms with E-state index in [1.165, 1.54) is 0 Å². The molecular weight excluding hydrogens is 140 g/mol. The summed E-state index contributed by atoms with van der Waals surface area (Å²) in [6, 6.07) is 0.129. The molecule has 2 N–H and O–H groups in total. The highest BCUT2D eigenvalue weighted by Gasteiger charge is 1.97. The van der Waals surface area contributed by atoms with Crippen LogP contribution in [0, 0.1) is 0 Å². The van der Waals surface area contributed by atoms with Crippen molar-refractivity contribution >= 4 is 6.03 Å². The zero-order chi connectivity index (χ0) is 9.28. The summed E-state index contributed by atoms with van der Waals surface area (Å²) < 4.78 is 0. The van der Waals surface area contributed by atoms with E-state index in [4.69, 9.17) is 0 Å². The van der Waals surface area contributed by atoms with Crippen LogP contribution in [-0.4, -0.2) is 18.6 Å². The Kier molecular flexibility index (Phi) is 10.9. The Labute approximate surface area is 69.6 Å². The van der Waals surface area contributed by atoms with Crippen molar-refractivity contribution in [1.29, 1.82) is 0 Å². The van der Waals surface area contributed by atoms with Crippen LogP contribution < -0.4 is 10.6 Å². The largest absolute Gasteiger partial charge is 0.338 e. The summed E-state index contributed by atoms with van der Waals surface area (Å²) in [7, 11) is 0. The Balaban J connectivity index is 0. The molecule has 0 heterocycles. The van der Waals surface area contributed by atoms with Crippen LogP contribution in [0.4, 0.5) is 4.79 Å². The summed E-state index contributed by atoms with van der Waals surface area (Å²) in [5.41, 5.74) is 0. The molecule has 0 aromatic carbocycles. The van der Waals surface area contributed by atoms with E-state index in [0.717, 1.165) is 0 Å². The van der Waals surface area contributed by atoms with E-state index in [9.17, 15) is 4.79 Å². The van der Waals surface area contributed by atoms with Gasteiger partial charge in [-0.3, -0.25) is 0 Å². The molecule has 0 saturated heterocycles. The Morgan fingerprint density at radius 3 is 2.09 bits per heavy atom. The number of hydrogen-bond donors (Lipinski definition) is 2. The SMILES string of the molecule is CC.CCNC(=O)NC(C)C. The first-order chi connectivity index (χ1) is 5.16. The topological polar surface area (TPSA) is 41.1 Å². The lowest BCUT2D eigenvalue weighted by Crippen LogP contribution is -2.39. The van der Waals surface area contributed by atoms with Gasteiger partial charge in [0.25, 0.3) is 0 Å². The molecule has 0 saturated carbocycles. The van der Waals surface area contributed by atoms with Gasteiger partial charge in [-0.25, -0.2) is 4.79 Å². The van der Waals surface area contributed by atoms with E-state index >= 15 is 0 Å². The fourth-order valence-electron chi connectivity index (χ4n) is 0.474. The van der Waals surface area contributed by atoms with Gasteiger partial charge in [0.2, 0.25) is 0 Å². The van der Waals surface area contributed by atoms with E-state index in [1.807, 2.05) is 34.6 Å². The molecule has 0 bridgehead atoms. The highest BCUT2D eigenvalue weighted by atomic mass is 16.2. The molecule has 0 spiro atoms. The summed E-state index contributed by atoms with van der Waals surface area (Å²) in [4.78, 5) is 10.6. The number of carbonyl (C=O) groups excluding carboxylic acids is 1. The molecule has 0 unspecified atom stereocenters. The lowest BCUT2D eigenvalue weighted by Gasteiger charge is -2.07. The molecule has 11 heavy (non-hydrogen) atoms. The van der Waals surface area contributed by atoms with Crippen LogP contribution in [0.5, 0.6) is 0 Å². The van der Waals surface area contributed by atoms with E-state index in [2.05, 4.69) is 10.6 Å². The molecule has 0 atom stereocenters. The van der Waals surface area contributed by atoms with Gasteiger partial charge in [0.05, 0.1) is 0 Å².